The van der Waals surface area contributed by atoms with E-state index in [1.165, 1.54) is 18.9 Å². The van der Waals surface area contributed by atoms with E-state index in [1.54, 1.807) is 6.07 Å². The Kier molecular flexibility index (Phi) is 3.15. The third kappa shape index (κ3) is 2.53. The second kappa shape index (κ2) is 4.42. The van der Waals surface area contributed by atoms with Crippen LogP contribution >= 0.6 is 0 Å². The minimum atomic E-state index is -0.177. The second-order valence-electron chi connectivity index (χ2n) is 4.80. The molecular weight excluding hydrogens is 203 g/mol. The fraction of sp³-hybridized carbons (Fsp3) is 0.538. The zero-order chi connectivity index (χ0) is 11.7. The molecule has 0 amide bonds. The van der Waals surface area contributed by atoms with Gasteiger partial charge in [0.05, 0.1) is 0 Å². The van der Waals surface area contributed by atoms with E-state index in [9.17, 15) is 4.39 Å². The molecule has 1 fully saturated rings. The molecule has 2 rings (SSSR count). The number of rotatable bonds is 4. The molecule has 1 aromatic carbocycles. The molecule has 1 unspecified atom stereocenters. The van der Waals surface area contributed by atoms with Gasteiger partial charge >= 0.3 is 0 Å². The summed E-state index contributed by atoms with van der Waals surface area (Å²) >= 11 is 0. The van der Waals surface area contributed by atoms with Crippen LogP contribution in [0.4, 0.5) is 10.1 Å². The topological polar surface area (TPSA) is 29.3 Å². The summed E-state index contributed by atoms with van der Waals surface area (Å²) in [7, 11) is 2.08. The van der Waals surface area contributed by atoms with Crippen LogP contribution in [-0.2, 0) is 6.42 Å². The number of nitrogens with two attached hydrogens (primary N) is 1. The molecule has 0 aromatic heterocycles. The van der Waals surface area contributed by atoms with E-state index in [0.717, 1.165) is 17.7 Å². The van der Waals surface area contributed by atoms with Crippen LogP contribution in [0.1, 0.15) is 25.3 Å². The zero-order valence-corrected chi connectivity index (χ0v) is 9.91. The van der Waals surface area contributed by atoms with E-state index < -0.39 is 0 Å². The lowest BCUT2D eigenvalue weighted by molar-refractivity contribution is 0.622. The average Bonchev–Trinajstić information content (AvgIpc) is 2.99. The summed E-state index contributed by atoms with van der Waals surface area (Å²) in [5.41, 5.74) is 7.94. The van der Waals surface area contributed by atoms with Crippen LogP contribution in [0, 0.1) is 5.82 Å². The quantitative estimate of drug-likeness (QED) is 0.847. The fourth-order valence-electron chi connectivity index (χ4n) is 2.07. The molecule has 1 aliphatic rings. The smallest absolute Gasteiger partial charge is 0.123 e. The Balaban J connectivity index is 2.27. The summed E-state index contributed by atoms with van der Waals surface area (Å²) in [5, 5.41) is 0. The van der Waals surface area contributed by atoms with Crippen molar-refractivity contribution >= 4 is 5.69 Å². The Morgan fingerprint density at radius 1 is 1.50 bits per heavy atom. The molecule has 2 N–H and O–H groups in total. The predicted molar refractivity (Wildman–Crippen MR) is 65.2 cm³/mol. The minimum absolute atomic E-state index is 0.0631. The number of anilines is 1. The minimum Gasteiger partial charge on any atom is -0.371 e. The average molecular weight is 222 g/mol. The van der Waals surface area contributed by atoms with E-state index in [0.29, 0.717) is 6.04 Å². The molecule has 1 aromatic rings. The van der Waals surface area contributed by atoms with Gasteiger partial charge in [0.1, 0.15) is 5.82 Å². The Hall–Kier alpha value is -1.09. The predicted octanol–water partition coefficient (Wildman–Crippen LogP) is 2.31. The van der Waals surface area contributed by atoms with E-state index >= 15 is 0 Å². The van der Waals surface area contributed by atoms with Gasteiger partial charge in [0.2, 0.25) is 0 Å². The van der Waals surface area contributed by atoms with E-state index in [4.69, 9.17) is 5.73 Å². The molecule has 2 nitrogen and oxygen atoms in total. The van der Waals surface area contributed by atoms with Crippen molar-refractivity contribution in [1.29, 1.82) is 0 Å². The molecule has 88 valence electrons. The highest BCUT2D eigenvalue weighted by Crippen LogP contribution is 2.32. The lowest BCUT2D eigenvalue weighted by atomic mass is 10.0. The summed E-state index contributed by atoms with van der Waals surface area (Å²) in [4.78, 5) is 2.25. The number of halogens is 1. The maximum absolute atomic E-state index is 13.2. The Morgan fingerprint density at radius 3 is 2.75 bits per heavy atom. The van der Waals surface area contributed by atoms with Crippen molar-refractivity contribution in [2.75, 3.05) is 11.9 Å². The highest BCUT2D eigenvalue weighted by atomic mass is 19.1. The Morgan fingerprint density at radius 2 is 2.19 bits per heavy atom. The van der Waals surface area contributed by atoms with Gasteiger partial charge in [0.15, 0.2) is 0 Å². The van der Waals surface area contributed by atoms with Gasteiger partial charge in [-0.25, -0.2) is 4.39 Å². The molecule has 0 saturated heterocycles. The van der Waals surface area contributed by atoms with Gasteiger partial charge in [-0.3, -0.25) is 0 Å². The van der Waals surface area contributed by atoms with Crippen molar-refractivity contribution in [3.63, 3.8) is 0 Å². The van der Waals surface area contributed by atoms with Crippen LogP contribution in [0.15, 0.2) is 18.2 Å². The first-order valence-corrected chi connectivity index (χ1v) is 5.85. The van der Waals surface area contributed by atoms with Gasteiger partial charge in [-0.2, -0.15) is 0 Å². The molecule has 0 heterocycles. The Bertz CT molecular complexity index is 372. The molecule has 1 atom stereocenters. The zero-order valence-electron chi connectivity index (χ0n) is 9.91. The van der Waals surface area contributed by atoms with Crippen molar-refractivity contribution < 1.29 is 4.39 Å². The summed E-state index contributed by atoms with van der Waals surface area (Å²) in [6.07, 6.45) is 3.21. The van der Waals surface area contributed by atoms with E-state index in [-0.39, 0.29) is 11.9 Å². The lowest BCUT2D eigenvalue weighted by Crippen LogP contribution is -2.24. The number of benzene rings is 1. The largest absolute Gasteiger partial charge is 0.371 e. The maximum atomic E-state index is 13.2. The highest BCUT2D eigenvalue weighted by Gasteiger charge is 2.27. The highest BCUT2D eigenvalue weighted by molar-refractivity contribution is 5.55. The van der Waals surface area contributed by atoms with Gasteiger partial charge in [-0.1, -0.05) is 0 Å². The van der Waals surface area contributed by atoms with E-state index in [2.05, 4.69) is 11.9 Å². The summed E-state index contributed by atoms with van der Waals surface area (Å²) in [6.45, 7) is 1.95. The van der Waals surface area contributed by atoms with Gasteiger partial charge in [0, 0.05) is 24.8 Å². The molecule has 0 radical (unpaired) electrons. The number of hydrogen-bond acceptors (Lipinski definition) is 2. The Labute approximate surface area is 96.2 Å². The van der Waals surface area contributed by atoms with Crippen molar-refractivity contribution in [3.05, 3.63) is 29.6 Å². The van der Waals surface area contributed by atoms with Crippen LogP contribution < -0.4 is 10.6 Å². The molecule has 0 spiro atoms. The lowest BCUT2D eigenvalue weighted by Gasteiger charge is -2.23. The monoisotopic (exact) mass is 222 g/mol. The molecule has 0 bridgehead atoms. The van der Waals surface area contributed by atoms with E-state index in [1.807, 2.05) is 13.0 Å². The van der Waals surface area contributed by atoms with Crippen molar-refractivity contribution in [2.24, 2.45) is 5.73 Å². The summed E-state index contributed by atoms with van der Waals surface area (Å²) in [5.74, 6) is -0.177. The summed E-state index contributed by atoms with van der Waals surface area (Å²) in [6, 6.07) is 5.70. The number of nitrogens with zero attached hydrogens (tertiary/aromatic N) is 1. The van der Waals surface area contributed by atoms with Gasteiger partial charge in [-0.05, 0) is 49.9 Å². The van der Waals surface area contributed by atoms with Gasteiger partial charge < -0.3 is 10.6 Å². The van der Waals surface area contributed by atoms with Crippen molar-refractivity contribution in [2.45, 2.75) is 38.3 Å². The third-order valence-electron chi connectivity index (χ3n) is 3.06. The van der Waals surface area contributed by atoms with Crippen molar-refractivity contribution in [3.8, 4) is 0 Å². The van der Waals surface area contributed by atoms with Crippen LogP contribution in [0.5, 0.6) is 0 Å². The SMILES string of the molecule is CC(N)Cc1cc(F)ccc1N(C)C1CC1. The van der Waals surface area contributed by atoms with Crippen LogP contribution in [0.2, 0.25) is 0 Å². The molecule has 16 heavy (non-hydrogen) atoms. The number of hydrogen-bond donors (Lipinski definition) is 1. The maximum Gasteiger partial charge on any atom is 0.123 e. The second-order valence-corrected chi connectivity index (χ2v) is 4.80. The van der Waals surface area contributed by atoms with Gasteiger partial charge in [-0.15, -0.1) is 0 Å². The standard InChI is InChI=1S/C13H19FN2/c1-9(15)7-10-8-11(14)3-6-13(10)16(2)12-4-5-12/h3,6,8-9,12H,4-5,7,15H2,1-2H3. The normalized spacial score (nSPS) is 17.2. The first-order chi connectivity index (χ1) is 7.58. The van der Waals surface area contributed by atoms with Crippen molar-refractivity contribution in [1.82, 2.24) is 0 Å². The van der Waals surface area contributed by atoms with Crippen LogP contribution in [-0.4, -0.2) is 19.1 Å². The van der Waals surface area contributed by atoms with Crippen LogP contribution in [0.3, 0.4) is 0 Å². The molecule has 1 aliphatic carbocycles. The third-order valence-corrected chi connectivity index (χ3v) is 3.06. The molecule has 0 aliphatic heterocycles. The van der Waals surface area contributed by atoms with Gasteiger partial charge in [0.25, 0.3) is 0 Å². The van der Waals surface area contributed by atoms with Crippen LogP contribution in [0.25, 0.3) is 0 Å². The summed E-state index contributed by atoms with van der Waals surface area (Å²) < 4.78 is 13.2. The molecule has 1 saturated carbocycles. The molecule has 3 heteroatoms. The molecular formula is C13H19FN2. The first kappa shape index (κ1) is 11.4. The fourth-order valence-corrected chi connectivity index (χ4v) is 2.07. The first-order valence-electron chi connectivity index (χ1n) is 5.85.